The summed E-state index contributed by atoms with van der Waals surface area (Å²) in [6.07, 6.45) is 0. The number of hydrogen-bond acceptors (Lipinski definition) is 3. The Morgan fingerprint density at radius 3 is 2.74 bits per heavy atom. The molecule has 1 aliphatic heterocycles. The van der Waals surface area contributed by atoms with Gasteiger partial charge in [-0.05, 0) is 26.0 Å². The van der Waals surface area contributed by atoms with Gasteiger partial charge in [0.2, 0.25) is 0 Å². The highest BCUT2D eigenvalue weighted by atomic mass is 35.5. The van der Waals surface area contributed by atoms with E-state index in [-0.39, 0.29) is 18.6 Å². The smallest absolute Gasteiger partial charge is 0.337 e. The maximum Gasteiger partial charge on any atom is 0.337 e. The van der Waals surface area contributed by atoms with E-state index >= 15 is 0 Å². The van der Waals surface area contributed by atoms with Gasteiger partial charge in [-0.3, -0.25) is 0 Å². The van der Waals surface area contributed by atoms with Crippen molar-refractivity contribution in [3.05, 3.63) is 46.1 Å². The summed E-state index contributed by atoms with van der Waals surface area (Å²) in [7, 11) is 0. The van der Waals surface area contributed by atoms with Gasteiger partial charge in [0, 0.05) is 10.6 Å². The summed E-state index contributed by atoms with van der Waals surface area (Å²) < 4.78 is 5.03. The highest BCUT2D eigenvalue weighted by Gasteiger charge is 2.25. The number of nitrogens with two attached hydrogens (primary N) is 1. The molecule has 0 spiro atoms. The van der Waals surface area contributed by atoms with E-state index < -0.39 is 5.97 Å². The van der Waals surface area contributed by atoms with Crippen molar-refractivity contribution in [2.75, 3.05) is 19.7 Å². The van der Waals surface area contributed by atoms with Crippen molar-refractivity contribution in [3.8, 4) is 0 Å². The molecule has 0 radical (unpaired) electrons. The van der Waals surface area contributed by atoms with Gasteiger partial charge >= 0.3 is 12.0 Å². The number of carbonyl (C=O) groups is 2. The molecule has 1 heterocycles. The molecule has 23 heavy (non-hydrogen) atoms. The maximum atomic E-state index is 12.0. The molecule has 0 fully saturated rings. The average molecular weight is 339 g/mol. The zero-order chi connectivity index (χ0) is 16.8. The SMILES string of the molecule is CCOC(=O)C1=C(C[NH2+][C@@H](C)c2ccc(Cl)cc2)NC(=O)NC1. The lowest BCUT2D eigenvalue weighted by molar-refractivity contribution is -0.686. The van der Waals surface area contributed by atoms with Crippen LogP contribution in [0.4, 0.5) is 4.79 Å². The fraction of sp³-hybridized carbons (Fsp3) is 0.375. The number of rotatable bonds is 6. The number of nitrogens with one attached hydrogen (secondary N) is 2. The van der Waals surface area contributed by atoms with E-state index in [2.05, 4.69) is 17.6 Å². The number of hydrogen-bond donors (Lipinski definition) is 3. The third-order valence-corrected chi connectivity index (χ3v) is 3.90. The van der Waals surface area contributed by atoms with Crippen LogP contribution in [0.2, 0.25) is 5.02 Å². The molecule has 1 aromatic carbocycles. The first-order valence-electron chi connectivity index (χ1n) is 7.54. The molecule has 0 aromatic heterocycles. The van der Waals surface area contributed by atoms with E-state index in [1.165, 1.54) is 0 Å². The number of ether oxygens (including phenoxy) is 1. The molecule has 2 rings (SSSR count). The second-order valence-electron chi connectivity index (χ2n) is 5.27. The number of halogens is 1. The molecule has 0 unspecified atom stereocenters. The topological polar surface area (TPSA) is 84.0 Å². The standard InChI is InChI=1S/C16H20ClN3O3/c1-3-23-15(21)13-8-19-16(22)20-14(13)9-18-10(2)11-4-6-12(17)7-5-11/h4-7,10,18H,3,8-9H2,1-2H3,(H2,19,20,22)/p+1/t10-/m0/s1. The number of amides is 2. The largest absolute Gasteiger partial charge is 0.463 e. The summed E-state index contributed by atoms with van der Waals surface area (Å²) in [5, 5.41) is 8.03. The quantitative estimate of drug-likeness (QED) is 0.679. The van der Waals surface area contributed by atoms with Crippen LogP contribution in [0.1, 0.15) is 25.5 Å². The molecule has 1 atom stereocenters. The molecule has 1 aromatic rings. The molecule has 0 saturated heterocycles. The molecule has 4 N–H and O–H groups in total. The molecule has 6 nitrogen and oxygen atoms in total. The first-order chi connectivity index (χ1) is 11.0. The Morgan fingerprint density at radius 2 is 2.09 bits per heavy atom. The van der Waals surface area contributed by atoms with Crippen LogP contribution < -0.4 is 16.0 Å². The molecule has 7 heteroatoms. The maximum absolute atomic E-state index is 12.0. The molecule has 124 valence electrons. The Balaban J connectivity index is 2.06. The van der Waals surface area contributed by atoms with Gasteiger partial charge in [0.05, 0.1) is 24.4 Å². The molecule has 1 aliphatic rings. The molecular formula is C16H21ClN3O3+. The summed E-state index contributed by atoms with van der Waals surface area (Å²) in [4.78, 5) is 23.5. The Morgan fingerprint density at radius 1 is 1.39 bits per heavy atom. The minimum atomic E-state index is -0.400. The molecule has 0 saturated carbocycles. The van der Waals surface area contributed by atoms with Crippen molar-refractivity contribution < 1.29 is 19.6 Å². The van der Waals surface area contributed by atoms with Gasteiger partial charge in [-0.1, -0.05) is 23.7 Å². The van der Waals surface area contributed by atoms with Crippen molar-refractivity contribution in [2.24, 2.45) is 0 Å². The third-order valence-electron chi connectivity index (χ3n) is 3.65. The van der Waals surface area contributed by atoms with Gasteiger partial charge < -0.3 is 20.7 Å². The fourth-order valence-corrected chi connectivity index (χ4v) is 2.44. The number of esters is 1. The first kappa shape index (κ1) is 17.3. The molecule has 0 aliphatic carbocycles. The highest BCUT2D eigenvalue weighted by Crippen LogP contribution is 2.13. The molecule has 0 bridgehead atoms. The normalized spacial score (nSPS) is 15.7. The summed E-state index contributed by atoms with van der Waals surface area (Å²) in [5.41, 5.74) is 2.17. The lowest BCUT2D eigenvalue weighted by Crippen LogP contribution is -2.86. The predicted molar refractivity (Wildman–Crippen MR) is 86.9 cm³/mol. The zero-order valence-electron chi connectivity index (χ0n) is 13.2. The van der Waals surface area contributed by atoms with Crippen LogP contribution in [0.3, 0.4) is 0 Å². The summed E-state index contributed by atoms with van der Waals surface area (Å²) in [6.45, 7) is 4.77. The predicted octanol–water partition coefficient (Wildman–Crippen LogP) is 1.09. The van der Waals surface area contributed by atoms with Gasteiger partial charge in [0.25, 0.3) is 0 Å². The van der Waals surface area contributed by atoms with Crippen LogP contribution >= 0.6 is 11.6 Å². The van der Waals surface area contributed by atoms with Crippen LogP contribution in [-0.2, 0) is 9.53 Å². The van der Waals surface area contributed by atoms with E-state index in [1.807, 2.05) is 29.6 Å². The van der Waals surface area contributed by atoms with Gasteiger partial charge in [0.1, 0.15) is 12.6 Å². The summed E-state index contributed by atoms with van der Waals surface area (Å²) >= 11 is 5.89. The summed E-state index contributed by atoms with van der Waals surface area (Å²) in [6, 6.07) is 7.47. The second-order valence-corrected chi connectivity index (χ2v) is 5.70. The minimum Gasteiger partial charge on any atom is -0.463 e. The van der Waals surface area contributed by atoms with Crippen LogP contribution in [0, 0.1) is 0 Å². The van der Waals surface area contributed by atoms with E-state index in [0.29, 0.717) is 29.4 Å². The van der Waals surface area contributed by atoms with Crippen LogP contribution in [0.15, 0.2) is 35.5 Å². The number of quaternary nitrogens is 1. The third kappa shape index (κ3) is 4.71. The van der Waals surface area contributed by atoms with E-state index in [4.69, 9.17) is 16.3 Å². The Bertz CT molecular complexity index is 614. The van der Waals surface area contributed by atoms with Crippen LogP contribution in [0.25, 0.3) is 0 Å². The van der Waals surface area contributed by atoms with Gasteiger partial charge in [0.15, 0.2) is 0 Å². The lowest BCUT2D eigenvalue weighted by Gasteiger charge is -2.21. The van der Waals surface area contributed by atoms with E-state index in [9.17, 15) is 9.59 Å². The first-order valence-corrected chi connectivity index (χ1v) is 7.91. The fourth-order valence-electron chi connectivity index (χ4n) is 2.32. The van der Waals surface area contributed by atoms with Crippen molar-refractivity contribution in [3.63, 3.8) is 0 Å². The van der Waals surface area contributed by atoms with Gasteiger partial charge in [-0.2, -0.15) is 0 Å². The van der Waals surface area contributed by atoms with Crippen molar-refractivity contribution in [2.45, 2.75) is 19.9 Å². The Labute approximate surface area is 140 Å². The van der Waals surface area contributed by atoms with Crippen molar-refractivity contribution in [1.82, 2.24) is 10.6 Å². The number of carbonyl (C=O) groups excluding carboxylic acids is 2. The van der Waals surface area contributed by atoms with Crippen molar-refractivity contribution >= 4 is 23.6 Å². The van der Waals surface area contributed by atoms with E-state index in [0.717, 1.165) is 5.56 Å². The van der Waals surface area contributed by atoms with Gasteiger partial charge in [-0.25, -0.2) is 9.59 Å². The number of urea groups is 1. The van der Waals surface area contributed by atoms with Gasteiger partial charge in [-0.15, -0.1) is 0 Å². The highest BCUT2D eigenvalue weighted by molar-refractivity contribution is 6.30. The van der Waals surface area contributed by atoms with Crippen LogP contribution in [-0.4, -0.2) is 31.7 Å². The Hall–Kier alpha value is -2.05. The summed E-state index contributed by atoms with van der Waals surface area (Å²) in [5.74, 6) is -0.400. The lowest BCUT2D eigenvalue weighted by atomic mass is 10.1. The Kier molecular flexibility index (Phi) is 6.01. The van der Waals surface area contributed by atoms with E-state index in [1.54, 1.807) is 6.92 Å². The average Bonchev–Trinajstić information content (AvgIpc) is 2.53. The monoisotopic (exact) mass is 338 g/mol. The minimum absolute atomic E-state index is 0.162. The zero-order valence-corrected chi connectivity index (χ0v) is 13.9. The second kappa shape index (κ2) is 7.99. The molecular weight excluding hydrogens is 318 g/mol. The van der Waals surface area contributed by atoms with Crippen molar-refractivity contribution in [1.29, 1.82) is 0 Å². The van der Waals surface area contributed by atoms with Crippen LogP contribution in [0.5, 0.6) is 0 Å². The number of benzene rings is 1. The molecule has 2 amide bonds.